The molecule has 1 heterocycles. The SMILES string of the molecule is CNC1(C)CCN(c2ccc(C#N)c(C(F)(F)F)c2)CC1. The van der Waals surface area contributed by atoms with Crippen molar-refractivity contribution in [2.75, 3.05) is 25.0 Å². The fourth-order valence-electron chi connectivity index (χ4n) is 2.57. The third-order valence-electron chi connectivity index (χ3n) is 4.26. The third kappa shape index (κ3) is 3.30. The van der Waals surface area contributed by atoms with Crippen molar-refractivity contribution in [1.82, 2.24) is 5.32 Å². The lowest BCUT2D eigenvalue weighted by Crippen LogP contribution is -2.50. The number of halogens is 3. The molecule has 0 aromatic heterocycles. The molecule has 1 aromatic rings. The van der Waals surface area contributed by atoms with E-state index >= 15 is 0 Å². The number of rotatable bonds is 2. The number of hydrogen-bond acceptors (Lipinski definition) is 3. The van der Waals surface area contributed by atoms with E-state index < -0.39 is 11.7 Å². The van der Waals surface area contributed by atoms with Gasteiger partial charge in [-0.05, 0) is 45.0 Å². The Morgan fingerprint density at radius 2 is 1.90 bits per heavy atom. The van der Waals surface area contributed by atoms with E-state index in [0.717, 1.165) is 18.9 Å². The molecule has 2 rings (SSSR count). The van der Waals surface area contributed by atoms with Gasteiger partial charge < -0.3 is 10.2 Å². The van der Waals surface area contributed by atoms with Crippen LogP contribution in [0.5, 0.6) is 0 Å². The fraction of sp³-hybridized carbons (Fsp3) is 0.533. The summed E-state index contributed by atoms with van der Waals surface area (Å²) in [6.07, 6.45) is -2.77. The lowest BCUT2D eigenvalue weighted by molar-refractivity contribution is -0.137. The molecule has 0 bridgehead atoms. The van der Waals surface area contributed by atoms with Crippen molar-refractivity contribution in [3.8, 4) is 6.07 Å². The lowest BCUT2D eigenvalue weighted by Gasteiger charge is -2.40. The molecule has 21 heavy (non-hydrogen) atoms. The molecular weight excluding hydrogens is 279 g/mol. The van der Waals surface area contributed by atoms with Crippen molar-refractivity contribution in [1.29, 1.82) is 5.26 Å². The molecule has 0 saturated carbocycles. The van der Waals surface area contributed by atoms with E-state index in [1.54, 1.807) is 12.1 Å². The Labute approximate surface area is 122 Å². The van der Waals surface area contributed by atoms with Crippen LogP contribution in [0.15, 0.2) is 18.2 Å². The maximum Gasteiger partial charge on any atom is 0.417 e. The molecule has 0 atom stereocenters. The zero-order valence-electron chi connectivity index (χ0n) is 12.1. The van der Waals surface area contributed by atoms with Crippen LogP contribution in [0.4, 0.5) is 18.9 Å². The molecule has 1 aliphatic heterocycles. The number of nitrogens with zero attached hydrogens (tertiary/aromatic N) is 2. The van der Waals surface area contributed by atoms with E-state index in [1.165, 1.54) is 6.07 Å². The van der Waals surface area contributed by atoms with Crippen LogP contribution in [0, 0.1) is 11.3 Å². The second kappa shape index (κ2) is 5.57. The number of nitriles is 1. The highest BCUT2D eigenvalue weighted by molar-refractivity contribution is 5.55. The van der Waals surface area contributed by atoms with E-state index in [4.69, 9.17) is 5.26 Å². The van der Waals surface area contributed by atoms with Crippen molar-refractivity contribution in [3.05, 3.63) is 29.3 Å². The van der Waals surface area contributed by atoms with Crippen LogP contribution < -0.4 is 10.2 Å². The number of alkyl halides is 3. The fourth-order valence-corrected chi connectivity index (χ4v) is 2.57. The highest BCUT2D eigenvalue weighted by atomic mass is 19.4. The highest BCUT2D eigenvalue weighted by Gasteiger charge is 2.35. The molecule has 0 spiro atoms. The van der Waals surface area contributed by atoms with Crippen molar-refractivity contribution < 1.29 is 13.2 Å². The first kappa shape index (κ1) is 15.6. The maximum atomic E-state index is 13.0. The summed E-state index contributed by atoms with van der Waals surface area (Å²) in [4.78, 5) is 1.94. The van der Waals surface area contributed by atoms with Crippen LogP contribution in [0.2, 0.25) is 0 Å². The molecule has 114 valence electrons. The van der Waals surface area contributed by atoms with Gasteiger partial charge in [-0.1, -0.05) is 0 Å². The Morgan fingerprint density at radius 1 is 1.29 bits per heavy atom. The minimum atomic E-state index is -4.50. The van der Waals surface area contributed by atoms with Gasteiger partial charge in [-0.2, -0.15) is 18.4 Å². The summed E-state index contributed by atoms with van der Waals surface area (Å²) in [6.45, 7) is 3.51. The van der Waals surface area contributed by atoms with Gasteiger partial charge in [0.2, 0.25) is 0 Å². The normalized spacial score (nSPS) is 18.4. The highest BCUT2D eigenvalue weighted by Crippen LogP contribution is 2.35. The van der Waals surface area contributed by atoms with E-state index in [2.05, 4.69) is 12.2 Å². The summed E-state index contributed by atoms with van der Waals surface area (Å²) < 4.78 is 38.9. The Balaban J connectivity index is 2.25. The summed E-state index contributed by atoms with van der Waals surface area (Å²) in [6, 6.07) is 5.54. The molecule has 1 fully saturated rings. The number of piperidine rings is 1. The Hall–Kier alpha value is -1.74. The average Bonchev–Trinajstić information content (AvgIpc) is 2.46. The molecule has 1 aromatic carbocycles. The average molecular weight is 297 g/mol. The number of benzene rings is 1. The lowest BCUT2D eigenvalue weighted by atomic mass is 9.89. The smallest absolute Gasteiger partial charge is 0.371 e. The third-order valence-corrected chi connectivity index (χ3v) is 4.26. The van der Waals surface area contributed by atoms with E-state index in [1.807, 2.05) is 11.9 Å². The topological polar surface area (TPSA) is 39.1 Å². The largest absolute Gasteiger partial charge is 0.417 e. The van der Waals surface area contributed by atoms with Gasteiger partial charge in [0.05, 0.1) is 17.2 Å². The van der Waals surface area contributed by atoms with Crippen molar-refractivity contribution in [2.24, 2.45) is 0 Å². The second-order valence-electron chi connectivity index (χ2n) is 5.64. The first-order valence-corrected chi connectivity index (χ1v) is 6.84. The minimum absolute atomic E-state index is 0.0377. The zero-order valence-corrected chi connectivity index (χ0v) is 12.1. The van der Waals surface area contributed by atoms with Crippen LogP contribution in [0.1, 0.15) is 30.9 Å². The molecular formula is C15H18F3N3. The molecule has 0 aliphatic carbocycles. The summed E-state index contributed by atoms with van der Waals surface area (Å²) >= 11 is 0. The van der Waals surface area contributed by atoms with Gasteiger partial charge in [0.1, 0.15) is 0 Å². The molecule has 1 aliphatic rings. The summed E-state index contributed by atoms with van der Waals surface area (Å²) in [5, 5.41) is 12.1. The Kier molecular flexibility index (Phi) is 4.15. The zero-order chi connectivity index (χ0) is 15.7. The molecule has 0 amide bonds. The molecule has 1 saturated heterocycles. The van der Waals surface area contributed by atoms with Crippen LogP contribution in [0.3, 0.4) is 0 Å². The van der Waals surface area contributed by atoms with Crippen molar-refractivity contribution in [2.45, 2.75) is 31.5 Å². The Bertz CT molecular complexity index is 552. The van der Waals surface area contributed by atoms with Gasteiger partial charge in [-0.3, -0.25) is 0 Å². The molecule has 3 nitrogen and oxygen atoms in total. The molecule has 1 N–H and O–H groups in total. The van der Waals surface area contributed by atoms with E-state index in [0.29, 0.717) is 18.8 Å². The minimum Gasteiger partial charge on any atom is -0.371 e. The number of nitrogens with one attached hydrogen (secondary N) is 1. The first-order valence-electron chi connectivity index (χ1n) is 6.84. The summed E-state index contributed by atoms with van der Waals surface area (Å²) in [5.41, 5.74) is -0.622. The molecule has 0 radical (unpaired) electrons. The predicted octanol–water partition coefficient (Wildman–Crippen LogP) is 3.16. The quantitative estimate of drug-likeness (QED) is 0.911. The summed E-state index contributed by atoms with van der Waals surface area (Å²) in [5.74, 6) is 0. The number of anilines is 1. The van der Waals surface area contributed by atoms with Gasteiger partial charge in [-0.15, -0.1) is 0 Å². The van der Waals surface area contributed by atoms with Crippen LogP contribution in [-0.4, -0.2) is 25.7 Å². The van der Waals surface area contributed by atoms with Gasteiger partial charge in [0, 0.05) is 24.3 Å². The van der Waals surface area contributed by atoms with Crippen LogP contribution >= 0.6 is 0 Å². The van der Waals surface area contributed by atoms with Crippen molar-refractivity contribution in [3.63, 3.8) is 0 Å². The monoisotopic (exact) mass is 297 g/mol. The van der Waals surface area contributed by atoms with Gasteiger partial charge in [-0.25, -0.2) is 0 Å². The first-order chi connectivity index (χ1) is 9.79. The number of hydrogen-bond donors (Lipinski definition) is 1. The van der Waals surface area contributed by atoms with Gasteiger partial charge >= 0.3 is 6.18 Å². The summed E-state index contributed by atoms with van der Waals surface area (Å²) in [7, 11) is 1.90. The second-order valence-corrected chi connectivity index (χ2v) is 5.64. The predicted molar refractivity (Wildman–Crippen MR) is 75.1 cm³/mol. The van der Waals surface area contributed by atoms with Crippen LogP contribution in [0.25, 0.3) is 0 Å². The molecule has 6 heteroatoms. The van der Waals surface area contributed by atoms with E-state index in [-0.39, 0.29) is 11.1 Å². The van der Waals surface area contributed by atoms with Gasteiger partial charge in [0.15, 0.2) is 0 Å². The van der Waals surface area contributed by atoms with E-state index in [9.17, 15) is 13.2 Å². The Morgan fingerprint density at radius 3 is 2.38 bits per heavy atom. The maximum absolute atomic E-state index is 13.0. The molecule has 0 unspecified atom stereocenters. The van der Waals surface area contributed by atoms with Gasteiger partial charge in [0.25, 0.3) is 0 Å². The van der Waals surface area contributed by atoms with Crippen LogP contribution in [-0.2, 0) is 6.18 Å². The standard InChI is InChI=1S/C15H18F3N3/c1-14(20-2)5-7-21(8-6-14)12-4-3-11(10-19)13(9-12)15(16,17)18/h3-4,9,20H,5-8H2,1-2H3. The van der Waals surface area contributed by atoms with Crippen molar-refractivity contribution >= 4 is 5.69 Å².